The lowest BCUT2D eigenvalue weighted by atomic mass is 9.81. The Morgan fingerprint density at radius 3 is 2.28 bits per heavy atom. The van der Waals surface area contributed by atoms with Crippen LogP contribution >= 0.6 is 11.6 Å². The average Bonchev–Trinajstić information content (AvgIpc) is 2.55. The molecule has 1 aliphatic rings. The normalized spacial score (nSPS) is 21.3. The van der Waals surface area contributed by atoms with Gasteiger partial charge in [-0.25, -0.2) is 4.98 Å². The molecule has 1 aromatic heterocycles. The Labute approximate surface area is 147 Å². The van der Waals surface area contributed by atoms with E-state index in [1.54, 1.807) is 24.3 Å². The van der Waals surface area contributed by atoms with Crippen LogP contribution in [0, 0.1) is 5.92 Å². The van der Waals surface area contributed by atoms with Crippen molar-refractivity contribution in [3.8, 4) is 5.69 Å². The van der Waals surface area contributed by atoms with Crippen LogP contribution in [0.5, 0.6) is 0 Å². The predicted molar refractivity (Wildman–Crippen MR) is 90.0 cm³/mol. The summed E-state index contributed by atoms with van der Waals surface area (Å²) in [7, 11) is 0. The number of hydrogen-bond acceptors (Lipinski definition) is 3. The summed E-state index contributed by atoms with van der Waals surface area (Å²) in [4.78, 5) is 16.7. The van der Waals surface area contributed by atoms with Gasteiger partial charge in [-0.05, 0) is 49.9 Å². The van der Waals surface area contributed by atoms with Gasteiger partial charge in [0.2, 0.25) is 0 Å². The number of benzene rings is 1. The molecule has 0 unspecified atom stereocenters. The number of aromatic nitrogens is 2. The molecule has 134 valence electrons. The monoisotopic (exact) mass is 371 g/mol. The molecule has 8 heteroatoms. The van der Waals surface area contributed by atoms with Gasteiger partial charge in [0.15, 0.2) is 0 Å². The molecule has 0 spiro atoms. The summed E-state index contributed by atoms with van der Waals surface area (Å²) in [5.74, 6) is -1.05. The van der Waals surface area contributed by atoms with Crippen LogP contribution in [-0.4, -0.2) is 15.7 Å². The topological polar surface area (TPSA) is 60.9 Å². The first-order chi connectivity index (χ1) is 11.8. The molecule has 0 radical (unpaired) electrons. The highest BCUT2D eigenvalue weighted by Crippen LogP contribution is 2.42. The standard InChI is InChI=1S/C17H17ClF3N3O/c18-12-5-7-13(8-6-12)24-15(25)9-14(22)23-16(24)10-1-3-11(4-2-10)17(19,20)21/h5-11H,1-4,22H2/t10-,11+. The first kappa shape index (κ1) is 17.8. The van der Waals surface area contributed by atoms with Crippen molar-refractivity contribution in [3.63, 3.8) is 0 Å². The van der Waals surface area contributed by atoms with Gasteiger partial charge in [0.25, 0.3) is 5.56 Å². The Kier molecular flexibility index (Phi) is 4.77. The summed E-state index contributed by atoms with van der Waals surface area (Å²) in [6.07, 6.45) is -3.50. The molecule has 2 aromatic rings. The van der Waals surface area contributed by atoms with E-state index in [0.717, 1.165) is 0 Å². The maximum Gasteiger partial charge on any atom is 0.391 e. The zero-order valence-electron chi connectivity index (χ0n) is 13.3. The quantitative estimate of drug-likeness (QED) is 0.856. The van der Waals surface area contributed by atoms with Crippen LogP contribution in [0.1, 0.15) is 37.4 Å². The minimum absolute atomic E-state index is 0.0272. The lowest BCUT2D eigenvalue weighted by Crippen LogP contribution is -2.31. The third kappa shape index (κ3) is 3.81. The lowest BCUT2D eigenvalue weighted by Gasteiger charge is -2.30. The predicted octanol–water partition coefficient (Wildman–Crippen LogP) is 4.30. The smallest absolute Gasteiger partial charge is 0.383 e. The van der Waals surface area contributed by atoms with Crippen molar-refractivity contribution in [1.29, 1.82) is 0 Å². The summed E-state index contributed by atoms with van der Waals surface area (Å²) >= 11 is 5.88. The first-order valence-electron chi connectivity index (χ1n) is 7.98. The molecule has 2 N–H and O–H groups in total. The van der Waals surface area contributed by atoms with E-state index in [4.69, 9.17) is 17.3 Å². The van der Waals surface area contributed by atoms with E-state index in [1.807, 2.05) is 0 Å². The zero-order chi connectivity index (χ0) is 18.2. The van der Waals surface area contributed by atoms with E-state index in [1.165, 1.54) is 10.6 Å². The molecule has 1 aliphatic carbocycles. The van der Waals surface area contributed by atoms with E-state index < -0.39 is 12.1 Å². The van der Waals surface area contributed by atoms with Crippen molar-refractivity contribution < 1.29 is 13.2 Å². The highest BCUT2D eigenvalue weighted by Gasteiger charge is 2.42. The van der Waals surface area contributed by atoms with Gasteiger partial charge in [0.1, 0.15) is 11.6 Å². The highest BCUT2D eigenvalue weighted by atomic mass is 35.5. The summed E-state index contributed by atoms with van der Waals surface area (Å²) in [6.45, 7) is 0. The van der Waals surface area contributed by atoms with Crippen LogP contribution < -0.4 is 11.3 Å². The number of rotatable bonds is 2. The van der Waals surface area contributed by atoms with Crippen LogP contribution in [0.25, 0.3) is 5.69 Å². The van der Waals surface area contributed by atoms with Gasteiger partial charge in [0, 0.05) is 17.0 Å². The van der Waals surface area contributed by atoms with E-state index in [2.05, 4.69) is 4.98 Å². The van der Waals surface area contributed by atoms with Gasteiger partial charge in [-0.1, -0.05) is 11.6 Å². The van der Waals surface area contributed by atoms with Crippen molar-refractivity contribution in [2.24, 2.45) is 5.92 Å². The van der Waals surface area contributed by atoms with Gasteiger partial charge in [-0.2, -0.15) is 13.2 Å². The number of nitrogens with zero attached hydrogens (tertiary/aromatic N) is 2. The Morgan fingerprint density at radius 2 is 1.72 bits per heavy atom. The van der Waals surface area contributed by atoms with Crippen LogP contribution in [0.15, 0.2) is 35.1 Å². The maximum atomic E-state index is 12.9. The molecule has 3 rings (SSSR count). The first-order valence-corrected chi connectivity index (χ1v) is 8.35. The van der Waals surface area contributed by atoms with Gasteiger partial charge in [-0.15, -0.1) is 0 Å². The number of nitrogen functional groups attached to an aromatic ring is 1. The molecule has 0 atom stereocenters. The van der Waals surface area contributed by atoms with E-state index in [9.17, 15) is 18.0 Å². The van der Waals surface area contributed by atoms with E-state index >= 15 is 0 Å². The van der Waals surface area contributed by atoms with E-state index in [0.29, 0.717) is 29.4 Å². The average molecular weight is 372 g/mol. The Hall–Kier alpha value is -2.02. The third-order valence-electron chi connectivity index (χ3n) is 4.60. The van der Waals surface area contributed by atoms with Crippen molar-refractivity contribution in [3.05, 3.63) is 51.5 Å². The second-order valence-electron chi connectivity index (χ2n) is 6.28. The van der Waals surface area contributed by atoms with Crippen LogP contribution in [0.3, 0.4) is 0 Å². The summed E-state index contributed by atoms with van der Waals surface area (Å²) in [5.41, 5.74) is 5.91. The Balaban J connectivity index is 1.97. The largest absolute Gasteiger partial charge is 0.391 e. The molecule has 0 aliphatic heterocycles. The van der Waals surface area contributed by atoms with Crippen LogP contribution in [0.2, 0.25) is 5.02 Å². The molecule has 0 saturated heterocycles. The minimum atomic E-state index is -4.18. The SMILES string of the molecule is Nc1cc(=O)n(-c2ccc(Cl)cc2)c([C@H]2CC[C@@H](C(F)(F)F)CC2)n1. The van der Waals surface area contributed by atoms with Gasteiger partial charge >= 0.3 is 6.18 Å². The van der Waals surface area contributed by atoms with E-state index in [-0.39, 0.29) is 30.1 Å². The molecule has 0 amide bonds. The Bertz CT molecular complexity index is 809. The van der Waals surface area contributed by atoms with Crippen molar-refractivity contribution in [2.75, 3.05) is 5.73 Å². The second-order valence-corrected chi connectivity index (χ2v) is 6.72. The van der Waals surface area contributed by atoms with Crippen LogP contribution in [-0.2, 0) is 0 Å². The van der Waals surface area contributed by atoms with Crippen molar-refractivity contribution >= 4 is 17.4 Å². The summed E-state index contributed by atoms with van der Waals surface area (Å²) in [5, 5.41) is 0.521. The number of anilines is 1. The fourth-order valence-electron chi connectivity index (χ4n) is 3.32. The van der Waals surface area contributed by atoms with Gasteiger partial charge in [0.05, 0.1) is 11.6 Å². The number of halogens is 4. The number of alkyl halides is 3. The molecule has 4 nitrogen and oxygen atoms in total. The number of hydrogen-bond donors (Lipinski definition) is 1. The fraction of sp³-hybridized carbons (Fsp3) is 0.412. The number of nitrogens with two attached hydrogens (primary N) is 1. The molecule has 1 saturated carbocycles. The summed E-state index contributed by atoms with van der Waals surface area (Å²) in [6, 6.07) is 7.84. The molecule has 25 heavy (non-hydrogen) atoms. The molecular weight excluding hydrogens is 355 g/mol. The molecule has 1 heterocycles. The molecule has 0 bridgehead atoms. The highest BCUT2D eigenvalue weighted by molar-refractivity contribution is 6.30. The zero-order valence-corrected chi connectivity index (χ0v) is 14.0. The maximum absolute atomic E-state index is 12.9. The van der Waals surface area contributed by atoms with Gasteiger partial charge < -0.3 is 5.73 Å². The van der Waals surface area contributed by atoms with Crippen molar-refractivity contribution in [2.45, 2.75) is 37.8 Å². The molecule has 1 aromatic carbocycles. The molecule has 1 fully saturated rings. The fourth-order valence-corrected chi connectivity index (χ4v) is 3.45. The second kappa shape index (κ2) is 6.71. The van der Waals surface area contributed by atoms with Gasteiger partial charge in [-0.3, -0.25) is 9.36 Å². The Morgan fingerprint density at radius 1 is 1.12 bits per heavy atom. The minimum Gasteiger partial charge on any atom is -0.383 e. The third-order valence-corrected chi connectivity index (χ3v) is 4.86. The van der Waals surface area contributed by atoms with Crippen molar-refractivity contribution in [1.82, 2.24) is 9.55 Å². The summed E-state index contributed by atoms with van der Waals surface area (Å²) < 4.78 is 40.0. The molecular formula is C17H17ClF3N3O. The van der Waals surface area contributed by atoms with Crippen LogP contribution in [0.4, 0.5) is 19.0 Å². The lowest BCUT2D eigenvalue weighted by molar-refractivity contribution is -0.182.